The van der Waals surface area contributed by atoms with Crippen LogP contribution in [0.15, 0.2) is 29.0 Å². The predicted molar refractivity (Wildman–Crippen MR) is 77.9 cm³/mol. The SMILES string of the molecule is CCc1ocnc1C(=O)NCc1ccc2nc(C)[nH]c2c1. The molecule has 0 spiro atoms. The number of rotatable bonds is 4. The maximum Gasteiger partial charge on any atom is 0.273 e. The number of amides is 1. The third kappa shape index (κ3) is 2.65. The normalized spacial score (nSPS) is 11.0. The number of nitrogens with one attached hydrogen (secondary N) is 2. The Balaban J connectivity index is 1.72. The monoisotopic (exact) mass is 284 g/mol. The van der Waals surface area contributed by atoms with E-state index in [2.05, 4.69) is 20.3 Å². The number of hydrogen-bond acceptors (Lipinski definition) is 4. The summed E-state index contributed by atoms with van der Waals surface area (Å²) in [5, 5.41) is 2.85. The molecule has 0 saturated heterocycles. The van der Waals surface area contributed by atoms with E-state index in [0.717, 1.165) is 22.4 Å². The van der Waals surface area contributed by atoms with Gasteiger partial charge >= 0.3 is 0 Å². The third-order valence-electron chi connectivity index (χ3n) is 3.29. The van der Waals surface area contributed by atoms with Crippen molar-refractivity contribution < 1.29 is 9.21 Å². The molecule has 108 valence electrons. The van der Waals surface area contributed by atoms with Gasteiger partial charge in [-0.15, -0.1) is 0 Å². The highest BCUT2D eigenvalue weighted by Gasteiger charge is 2.14. The van der Waals surface area contributed by atoms with Gasteiger partial charge in [-0.2, -0.15) is 0 Å². The van der Waals surface area contributed by atoms with Crippen LogP contribution in [-0.4, -0.2) is 20.9 Å². The van der Waals surface area contributed by atoms with Crippen molar-refractivity contribution in [2.24, 2.45) is 0 Å². The molecule has 2 aromatic heterocycles. The van der Waals surface area contributed by atoms with Gasteiger partial charge in [0, 0.05) is 13.0 Å². The Morgan fingerprint density at radius 2 is 2.29 bits per heavy atom. The van der Waals surface area contributed by atoms with Gasteiger partial charge in [-0.25, -0.2) is 9.97 Å². The number of oxazole rings is 1. The number of carbonyl (C=O) groups is 1. The second-order valence-electron chi connectivity index (χ2n) is 4.83. The van der Waals surface area contributed by atoms with Crippen LogP contribution in [0.3, 0.4) is 0 Å². The zero-order valence-electron chi connectivity index (χ0n) is 11.9. The number of fused-ring (bicyclic) bond motifs is 1. The molecule has 3 rings (SSSR count). The summed E-state index contributed by atoms with van der Waals surface area (Å²) in [5.41, 5.74) is 3.25. The van der Waals surface area contributed by atoms with Gasteiger partial charge in [0.2, 0.25) is 0 Å². The fourth-order valence-electron chi connectivity index (χ4n) is 2.27. The number of aryl methyl sites for hydroxylation is 2. The van der Waals surface area contributed by atoms with Crippen LogP contribution in [0.5, 0.6) is 0 Å². The first-order valence-electron chi connectivity index (χ1n) is 6.83. The minimum atomic E-state index is -0.221. The van der Waals surface area contributed by atoms with Gasteiger partial charge < -0.3 is 14.7 Å². The molecule has 0 fully saturated rings. The maximum absolute atomic E-state index is 12.1. The summed E-state index contributed by atoms with van der Waals surface area (Å²) in [5.74, 6) is 1.26. The molecule has 0 saturated carbocycles. The smallest absolute Gasteiger partial charge is 0.273 e. The lowest BCUT2D eigenvalue weighted by Crippen LogP contribution is -2.24. The fraction of sp³-hybridized carbons (Fsp3) is 0.267. The highest BCUT2D eigenvalue weighted by molar-refractivity contribution is 5.93. The van der Waals surface area contributed by atoms with E-state index in [0.29, 0.717) is 24.4 Å². The van der Waals surface area contributed by atoms with Crippen LogP contribution in [-0.2, 0) is 13.0 Å². The lowest BCUT2D eigenvalue weighted by molar-refractivity contribution is 0.0944. The standard InChI is InChI=1S/C15H16N4O2/c1-3-13-14(17-8-21-13)15(20)16-7-10-4-5-11-12(6-10)19-9(2)18-11/h4-6,8H,3,7H2,1-2H3,(H,16,20)(H,18,19). The predicted octanol–water partition coefficient (Wildman–Crippen LogP) is 2.35. The van der Waals surface area contributed by atoms with Crippen molar-refractivity contribution in [3.63, 3.8) is 0 Å². The van der Waals surface area contributed by atoms with Gasteiger partial charge in [0.1, 0.15) is 11.6 Å². The fourth-order valence-corrected chi connectivity index (χ4v) is 2.27. The number of nitrogens with zero attached hydrogens (tertiary/aromatic N) is 2. The topological polar surface area (TPSA) is 83.8 Å². The van der Waals surface area contributed by atoms with Crippen molar-refractivity contribution >= 4 is 16.9 Å². The molecule has 6 heteroatoms. The molecule has 21 heavy (non-hydrogen) atoms. The van der Waals surface area contributed by atoms with Crippen LogP contribution in [0, 0.1) is 6.92 Å². The van der Waals surface area contributed by atoms with Gasteiger partial charge in [-0.1, -0.05) is 13.0 Å². The molecule has 0 aliphatic heterocycles. The lowest BCUT2D eigenvalue weighted by Gasteiger charge is -2.04. The maximum atomic E-state index is 12.1. The van der Waals surface area contributed by atoms with E-state index >= 15 is 0 Å². The summed E-state index contributed by atoms with van der Waals surface area (Å²) in [4.78, 5) is 23.6. The zero-order chi connectivity index (χ0) is 14.8. The Bertz CT molecular complexity index is 788. The molecule has 2 heterocycles. The first kappa shape index (κ1) is 13.4. The first-order valence-corrected chi connectivity index (χ1v) is 6.83. The van der Waals surface area contributed by atoms with Gasteiger partial charge in [0.05, 0.1) is 11.0 Å². The zero-order valence-corrected chi connectivity index (χ0v) is 11.9. The van der Waals surface area contributed by atoms with E-state index in [1.165, 1.54) is 6.39 Å². The summed E-state index contributed by atoms with van der Waals surface area (Å²) in [7, 11) is 0. The summed E-state index contributed by atoms with van der Waals surface area (Å²) in [6.07, 6.45) is 1.94. The Morgan fingerprint density at radius 1 is 1.43 bits per heavy atom. The van der Waals surface area contributed by atoms with Crippen molar-refractivity contribution in [1.29, 1.82) is 0 Å². The summed E-state index contributed by atoms with van der Waals surface area (Å²) < 4.78 is 5.16. The van der Waals surface area contributed by atoms with Gasteiger partial charge in [0.15, 0.2) is 12.1 Å². The van der Waals surface area contributed by atoms with E-state index in [4.69, 9.17) is 4.42 Å². The van der Waals surface area contributed by atoms with Crippen molar-refractivity contribution in [1.82, 2.24) is 20.3 Å². The van der Waals surface area contributed by atoms with E-state index in [1.807, 2.05) is 32.0 Å². The van der Waals surface area contributed by atoms with Crippen LogP contribution >= 0.6 is 0 Å². The average Bonchev–Trinajstić information content (AvgIpc) is 3.08. The average molecular weight is 284 g/mol. The highest BCUT2D eigenvalue weighted by atomic mass is 16.3. The number of benzene rings is 1. The van der Waals surface area contributed by atoms with Gasteiger partial charge in [-0.3, -0.25) is 4.79 Å². The number of carbonyl (C=O) groups excluding carboxylic acids is 1. The van der Waals surface area contributed by atoms with Crippen LogP contribution in [0.25, 0.3) is 11.0 Å². The molecule has 0 radical (unpaired) electrons. The third-order valence-corrected chi connectivity index (χ3v) is 3.29. The summed E-state index contributed by atoms with van der Waals surface area (Å²) in [6.45, 7) is 4.27. The van der Waals surface area contributed by atoms with Crippen molar-refractivity contribution in [3.05, 3.63) is 47.4 Å². The second kappa shape index (κ2) is 5.40. The Kier molecular flexibility index (Phi) is 3.43. The van der Waals surface area contributed by atoms with Crippen molar-refractivity contribution in [2.45, 2.75) is 26.8 Å². The van der Waals surface area contributed by atoms with Crippen LogP contribution < -0.4 is 5.32 Å². The van der Waals surface area contributed by atoms with E-state index in [-0.39, 0.29) is 5.91 Å². The molecule has 2 N–H and O–H groups in total. The molecule has 1 aromatic carbocycles. The number of aromatic nitrogens is 3. The number of aromatic amines is 1. The molecular weight excluding hydrogens is 268 g/mol. The molecule has 1 amide bonds. The number of imidazole rings is 1. The van der Waals surface area contributed by atoms with Crippen molar-refractivity contribution in [3.8, 4) is 0 Å². The minimum Gasteiger partial charge on any atom is -0.448 e. The molecule has 0 aliphatic rings. The number of hydrogen-bond donors (Lipinski definition) is 2. The second-order valence-corrected chi connectivity index (χ2v) is 4.83. The van der Waals surface area contributed by atoms with Gasteiger partial charge in [0.25, 0.3) is 5.91 Å². The Labute approximate surface area is 121 Å². The summed E-state index contributed by atoms with van der Waals surface area (Å²) >= 11 is 0. The van der Waals surface area contributed by atoms with Crippen molar-refractivity contribution in [2.75, 3.05) is 0 Å². The van der Waals surface area contributed by atoms with Gasteiger partial charge in [-0.05, 0) is 24.6 Å². The molecule has 3 aromatic rings. The summed E-state index contributed by atoms with van der Waals surface area (Å²) in [6, 6.07) is 5.87. The largest absolute Gasteiger partial charge is 0.448 e. The van der Waals surface area contributed by atoms with E-state index in [1.54, 1.807) is 0 Å². The Morgan fingerprint density at radius 3 is 3.10 bits per heavy atom. The molecule has 0 aliphatic carbocycles. The van der Waals surface area contributed by atoms with E-state index in [9.17, 15) is 4.79 Å². The van der Waals surface area contributed by atoms with Crippen LogP contribution in [0.2, 0.25) is 0 Å². The van der Waals surface area contributed by atoms with Crippen LogP contribution in [0.1, 0.15) is 34.6 Å². The quantitative estimate of drug-likeness (QED) is 0.770. The molecule has 0 bridgehead atoms. The molecular formula is C15H16N4O2. The lowest BCUT2D eigenvalue weighted by atomic mass is 10.2. The van der Waals surface area contributed by atoms with Crippen LogP contribution in [0.4, 0.5) is 0 Å². The molecule has 0 atom stereocenters. The van der Waals surface area contributed by atoms with E-state index < -0.39 is 0 Å². The molecule has 6 nitrogen and oxygen atoms in total. The number of H-pyrrole nitrogens is 1. The minimum absolute atomic E-state index is 0.221. The first-order chi connectivity index (χ1) is 10.2. The highest BCUT2D eigenvalue weighted by Crippen LogP contribution is 2.14. The Hall–Kier alpha value is -2.63. The molecule has 0 unspecified atom stereocenters.